The molecule has 0 radical (unpaired) electrons. The van der Waals surface area contributed by atoms with E-state index in [1.807, 2.05) is 0 Å². The number of carbonyl (C=O) groups excluding carboxylic acids is 1. The zero-order valence-corrected chi connectivity index (χ0v) is 18.8. The van der Waals surface area contributed by atoms with Gasteiger partial charge in [-0.15, -0.1) is 11.3 Å². The largest absolute Gasteiger partial charge is 0.424 e. The molecule has 0 spiro atoms. The number of aliphatic hydroxyl groups is 1. The second-order valence-electron chi connectivity index (χ2n) is 7.45. The summed E-state index contributed by atoms with van der Waals surface area (Å²) in [4.78, 5) is 15.8. The number of carbonyl (C=O) groups is 1. The van der Waals surface area contributed by atoms with Gasteiger partial charge >= 0.3 is 6.18 Å². The zero-order valence-electron chi connectivity index (χ0n) is 17.2. The molecule has 172 valence electrons. The summed E-state index contributed by atoms with van der Waals surface area (Å²) in [6, 6.07) is 6.03. The summed E-state index contributed by atoms with van der Waals surface area (Å²) in [5.74, 6) is -1.22. The van der Waals surface area contributed by atoms with Crippen LogP contribution < -0.4 is 10.0 Å². The summed E-state index contributed by atoms with van der Waals surface area (Å²) in [7, 11) is -3.49. The zero-order chi connectivity index (χ0) is 23.4. The quantitative estimate of drug-likeness (QED) is 0.513. The molecule has 2 aromatic rings. The number of nitrogens with zero attached hydrogens (tertiary/aromatic N) is 1. The number of alkyl halides is 3. The van der Waals surface area contributed by atoms with Crippen molar-refractivity contribution >= 4 is 27.3 Å². The summed E-state index contributed by atoms with van der Waals surface area (Å²) >= 11 is 0.634. The molecular formula is C19H24F3N3O4S2. The predicted octanol–water partition coefficient (Wildman–Crippen LogP) is 2.74. The molecule has 1 amide bonds. The molecule has 0 saturated heterocycles. The van der Waals surface area contributed by atoms with Crippen molar-refractivity contribution in [2.75, 3.05) is 0 Å². The van der Waals surface area contributed by atoms with Crippen LogP contribution in [0, 0.1) is 6.92 Å². The minimum atomic E-state index is -5.08. The van der Waals surface area contributed by atoms with Crippen LogP contribution in [0.1, 0.15) is 42.1 Å². The van der Waals surface area contributed by atoms with Crippen LogP contribution in [0.5, 0.6) is 0 Å². The molecule has 0 saturated carbocycles. The van der Waals surface area contributed by atoms with E-state index in [0.29, 0.717) is 28.2 Å². The third-order valence-corrected chi connectivity index (χ3v) is 6.80. The first-order valence-corrected chi connectivity index (χ1v) is 11.8. The number of rotatable bonds is 9. The van der Waals surface area contributed by atoms with E-state index in [0.717, 1.165) is 0 Å². The number of hydrogen-bond acceptors (Lipinski definition) is 6. The number of aromatic nitrogens is 1. The Bertz CT molecular complexity index is 1010. The van der Waals surface area contributed by atoms with Gasteiger partial charge in [0.05, 0.1) is 12.2 Å². The van der Waals surface area contributed by atoms with Gasteiger partial charge in [0, 0.05) is 23.7 Å². The molecule has 12 heteroatoms. The fraction of sp³-hybridized carbons (Fsp3) is 0.474. The van der Waals surface area contributed by atoms with Crippen LogP contribution in [0.4, 0.5) is 13.2 Å². The predicted molar refractivity (Wildman–Crippen MR) is 111 cm³/mol. The second kappa shape index (κ2) is 9.63. The third-order valence-electron chi connectivity index (χ3n) is 4.14. The summed E-state index contributed by atoms with van der Waals surface area (Å²) < 4.78 is 66.8. The Labute approximate surface area is 182 Å². The van der Waals surface area contributed by atoms with E-state index in [2.05, 4.69) is 15.0 Å². The van der Waals surface area contributed by atoms with Crippen molar-refractivity contribution in [3.63, 3.8) is 0 Å². The highest BCUT2D eigenvalue weighted by Gasteiger charge is 2.58. The molecular weight excluding hydrogens is 455 g/mol. The van der Waals surface area contributed by atoms with Gasteiger partial charge in [-0.3, -0.25) is 4.79 Å². The molecule has 31 heavy (non-hydrogen) atoms. The molecule has 0 aliphatic heterocycles. The van der Waals surface area contributed by atoms with Gasteiger partial charge in [-0.25, -0.2) is 18.1 Å². The number of amides is 1. The van der Waals surface area contributed by atoms with Gasteiger partial charge in [0.25, 0.3) is 0 Å². The Hall–Kier alpha value is -2.02. The summed E-state index contributed by atoms with van der Waals surface area (Å²) in [6.07, 6.45) is -6.30. The minimum Gasteiger partial charge on any atom is -0.374 e. The molecule has 1 aromatic heterocycles. The maximum absolute atomic E-state index is 13.5. The first-order chi connectivity index (χ1) is 14.2. The Morgan fingerprint density at radius 1 is 1.19 bits per heavy atom. The van der Waals surface area contributed by atoms with Gasteiger partial charge in [0.1, 0.15) is 5.01 Å². The van der Waals surface area contributed by atoms with Crippen molar-refractivity contribution in [1.29, 1.82) is 0 Å². The maximum Gasteiger partial charge on any atom is 0.424 e. The lowest BCUT2D eigenvalue weighted by Crippen LogP contribution is -2.46. The summed E-state index contributed by atoms with van der Waals surface area (Å²) in [5.41, 5.74) is -1.98. The van der Waals surface area contributed by atoms with Gasteiger partial charge in [-0.05, 0) is 31.9 Å². The van der Waals surface area contributed by atoms with Crippen molar-refractivity contribution in [2.45, 2.75) is 57.3 Å². The number of hydrogen-bond donors (Lipinski definition) is 3. The van der Waals surface area contributed by atoms with E-state index < -0.39 is 39.1 Å². The topological polar surface area (TPSA) is 108 Å². The van der Waals surface area contributed by atoms with Crippen molar-refractivity contribution < 1.29 is 31.5 Å². The van der Waals surface area contributed by atoms with E-state index in [4.69, 9.17) is 0 Å². The molecule has 0 aliphatic carbocycles. The van der Waals surface area contributed by atoms with Crippen molar-refractivity contribution in [2.24, 2.45) is 0 Å². The van der Waals surface area contributed by atoms with Crippen molar-refractivity contribution in [3.05, 3.63) is 51.5 Å². The Balaban J connectivity index is 2.00. The number of halogens is 3. The lowest BCUT2D eigenvalue weighted by atomic mass is 9.99. The SMILES string of the molecule is Cc1csc(C(O)(CC(=O)NCc2ccc(CS(=O)(=O)NC(C)C)cc2)C(F)(F)F)n1. The molecule has 0 aliphatic rings. The highest BCUT2D eigenvalue weighted by Crippen LogP contribution is 2.42. The lowest BCUT2D eigenvalue weighted by Gasteiger charge is -2.27. The van der Waals surface area contributed by atoms with E-state index >= 15 is 0 Å². The Morgan fingerprint density at radius 2 is 1.77 bits per heavy atom. The molecule has 3 N–H and O–H groups in total. The first kappa shape index (κ1) is 25.2. The van der Waals surface area contributed by atoms with Crippen LogP contribution in [0.15, 0.2) is 29.6 Å². The van der Waals surface area contributed by atoms with E-state index in [-0.39, 0.29) is 18.3 Å². The number of benzene rings is 1. The molecule has 0 bridgehead atoms. The number of sulfonamides is 1. The fourth-order valence-corrected chi connectivity index (χ4v) is 5.06. The van der Waals surface area contributed by atoms with Crippen molar-refractivity contribution in [3.8, 4) is 0 Å². The number of nitrogens with one attached hydrogen (secondary N) is 2. The highest BCUT2D eigenvalue weighted by atomic mass is 32.2. The van der Waals surface area contributed by atoms with Crippen LogP contribution >= 0.6 is 11.3 Å². The van der Waals surface area contributed by atoms with Gasteiger partial charge in [-0.1, -0.05) is 24.3 Å². The monoisotopic (exact) mass is 479 g/mol. The van der Waals surface area contributed by atoms with Crippen LogP contribution in [-0.4, -0.2) is 36.6 Å². The average molecular weight is 480 g/mol. The van der Waals surface area contributed by atoms with E-state index in [9.17, 15) is 31.5 Å². The fourth-order valence-electron chi connectivity index (χ4n) is 2.71. The van der Waals surface area contributed by atoms with Gasteiger partial charge in [-0.2, -0.15) is 13.2 Å². The molecule has 1 atom stereocenters. The van der Waals surface area contributed by atoms with Crippen LogP contribution in [0.25, 0.3) is 0 Å². The maximum atomic E-state index is 13.5. The molecule has 1 aromatic carbocycles. The van der Waals surface area contributed by atoms with Crippen LogP contribution in [-0.2, 0) is 32.7 Å². The van der Waals surface area contributed by atoms with E-state index in [1.165, 1.54) is 12.3 Å². The second-order valence-corrected chi connectivity index (χ2v) is 10.1. The van der Waals surface area contributed by atoms with E-state index in [1.54, 1.807) is 38.1 Å². The van der Waals surface area contributed by atoms with Gasteiger partial charge < -0.3 is 10.4 Å². The molecule has 7 nitrogen and oxygen atoms in total. The van der Waals surface area contributed by atoms with Crippen LogP contribution in [0.3, 0.4) is 0 Å². The molecule has 0 fully saturated rings. The molecule has 1 heterocycles. The van der Waals surface area contributed by atoms with Crippen molar-refractivity contribution in [1.82, 2.24) is 15.0 Å². The normalized spacial score (nSPS) is 14.5. The average Bonchev–Trinajstić information content (AvgIpc) is 3.05. The number of thiazole rings is 1. The number of aryl methyl sites for hydroxylation is 1. The lowest BCUT2D eigenvalue weighted by molar-refractivity contribution is -0.267. The Kier molecular flexibility index (Phi) is 7.84. The summed E-state index contributed by atoms with van der Waals surface area (Å²) in [5, 5.41) is 13.3. The van der Waals surface area contributed by atoms with Gasteiger partial charge in [0.15, 0.2) is 0 Å². The first-order valence-electron chi connectivity index (χ1n) is 9.28. The van der Waals surface area contributed by atoms with Gasteiger partial charge in [0.2, 0.25) is 21.5 Å². The molecule has 1 unspecified atom stereocenters. The molecule has 2 rings (SSSR count). The third kappa shape index (κ3) is 6.99. The summed E-state index contributed by atoms with van der Waals surface area (Å²) in [6.45, 7) is 4.82. The Morgan fingerprint density at radius 3 is 2.26 bits per heavy atom. The minimum absolute atomic E-state index is 0.0824. The highest BCUT2D eigenvalue weighted by molar-refractivity contribution is 7.88. The standard InChI is InChI=1S/C19H24F3N3O4S2/c1-12(2)25-31(28,29)11-15-6-4-14(5-7-15)9-23-16(26)8-18(27,19(20,21)22)17-24-13(3)10-30-17/h4-7,10,12,25,27H,8-9,11H2,1-3H3,(H,23,26). The van der Waals surface area contributed by atoms with Crippen LogP contribution in [0.2, 0.25) is 0 Å². The smallest absolute Gasteiger partial charge is 0.374 e.